The predicted molar refractivity (Wildman–Crippen MR) is 96.2 cm³/mol. The van der Waals surface area contributed by atoms with E-state index in [0.29, 0.717) is 16.8 Å². The summed E-state index contributed by atoms with van der Waals surface area (Å²) in [4.78, 5) is 12.1. The smallest absolute Gasteiger partial charge is 0.338 e. The Kier molecular flexibility index (Phi) is 5.80. The van der Waals surface area contributed by atoms with Gasteiger partial charge < -0.3 is 4.74 Å². The summed E-state index contributed by atoms with van der Waals surface area (Å²) >= 11 is 1.15. The first-order chi connectivity index (χ1) is 11.4. The molecule has 1 aromatic heterocycles. The van der Waals surface area contributed by atoms with Crippen LogP contribution in [0.1, 0.15) is 22.8 Å². The van der Waals surface area contributed by atoms with E-state index in [9.17, 15) is 13.2 Å². The summed E-state index contributed by atoms with van der Waals surface area (Å²) in [6.45, 7) is 7.44. The normalized spacial score (nSPS) is 11.1. The van der Waals surface area contributed by atoms with Crippen LogP contribution in [-0.2, 0) is 14.8 Å². The van der Waals surface area contributed by atoms with Crippen molar-refractivity contribution in [2.24, 2.45) is 0 Å². The Morgan fingerprint density at radius 3 is 2.67 bits per heavy atom. The third kappa shape index (κ3) is 3.52. The summed E-state index contributed by atoms with van der Waals surface area (Å²) in [6.07, 6.45) is 1.52. The van der Waals surface area contributed by atoms with E-state index in [1.807, 2.05) is 0 Å². The molecule has 0 N–H and O–H groups in total. The van der Waals surface area contributed by atoms with Crippen molar-refractivity contribution >= 4 is 33.0 Å². The van der Waals surface area contributed by atoms with Gasteiger partial charge in [0.25, 0.3) is 10.0 Å². The lowest BCUT2D eigenvalue weighted by molar-refractivity contribution is 0.0525. The first-order valence-electron chi connectivity index (χ1n) is 7.37. The average molecular weight is 365 g/mol. The number of sulfonamides is 1. The van der Waals surface area contributed by atoms with Gasteiger partial charge >= 0.3 is 5.97 Å². The van der Waals surface area contributed by atoms with Gasteiger partial charge in [0.05, 0.1) is 24.4 Å². The van der Waals surface area contributed by atoms with Crippen molar-refractivity contribution in [2.45, 2.75) is 18.1 Å². The van der Waals surface area contributed by atoms with Crippen LogP contribution in [0.5, 0.6) is 0 Å². The number of nitrogens with zero attached hydrogens (tertiary/aromatic N) is 1. The molecule has 0 bridgehead atoms. The first-order valence-corrected chi connectivity index (χ1v) is 9.69. The van der Waals surface area contributed by atoms with Gasteiger partial charge in [-0.15, -0.1) is 17.9 Å². The molecular formula is C17H19NO4S2. The average Bonchev–Trinajstić information content (AvgIpc) is 3.08. The van der Waals surface area contributed by atoms with Crippen LogP contribution >= 0.6 is 11.3 Å². The van der Waals surface area contributed by atoms with Crippen LogP contribution in [0.4, 0.5) is 5.69 Å². The van der Waals surface area contributed by atoms with Crippen molar-refractivity contribution in [1.82, 2.24) is 0 Å². The van der Waals surface area contributed by atoms with Crippen LogP contribution < -0.4 is 4.31 Å². The van der Waals surface area contributed by atoms with Gasteiger partial charge in [-0.2, -0.15) is 0 Å². The highest BCUT2D eigenvalue weighted by Crippen LogP contribution is 2.30. The molecular weight excluding hydrogens is 346 g/mol. The largest absolute Gasteiger partial charge is 0.462 e. The van der Waals surface area contributed by atoms with Crippen molar-refractivity contribution in [2.75, 3.05) is 17.5 Å². The van der Waals surface area contributed by atoms with E-state index in [1.54, 1.807) is 49.6 Å². The van der Waals surface area contributed by atoms with Crippen LogP contribution in [0.25, 0.3) is 0 Å². The van der Waals surface area contributed by atoms with Gasteiger partial charge in [-0.05, 0) is 43.0 Å². The van der Waals surface area contributed by atoms with Crippen molar-refractivity contribution in [3.63, 3.8) is 0 Å². The summed E-state index contributed by atoms with van der Waals surface area (Å²) in [7, 11) is -3.72. The van der Waals surface area contributed by atoms with Crippen LogP contribution in [0.3, 0.4) is 0 Å². The number of carbonyl (C=O) groups is 1. The molecule has 1 aromatic carbocycles. The SMILES string of the molecule is C=CCN(c1cccc(C(=O)OCC)c1C)S(=O)(=O)c1cccs1. The fraction of sp³-hybridized carbons (Fsp3) is 0.235. The molecule has 0 saturated carbocycles. The molecule has 5 nitrogen and oxygen atoms in total. The minimum Gasteiger partial charge on any atom is -0.462 e. The lowest BCUT2D eigenvalue weighted by Gasteiger charge is -2.25. The zero-order chi connectivity index (χ0) is 17.7. The van der Waals surface area contributed by atoms with E-state index in [4.69, 9.17) is 4.74 Å². The molecule has 0 saturated heterocycles. The molecule has 0 spiro atoms. The molecule has 24 heavy (non-hydrogen) atoms. The lowest BCUT2D eigenvalue weighted by Crippen LogP contribution is -2.31. The molecule has 2 aromatic rings. The Labute approximate surface area is 146 Å². The van der Waals surface area contributed by atoms with Crippen LogP contribution in [0, 0.1) is 6.92 Å². The molecule has 1 heterocycles. The molecule has 128 valence electrons. The van der Waals surface area contributed by atoms with Gasteiger partial charge in [-0.1, -0.05) is 18.2 Å². The summed E-state index contributed by atoms with van der Waals surface area (Å²) in [5.74, 6) is -0.469. The van der Waals surface area contributed by atoms with Gasteiger partial charge in [0.1, 0.15) is 4.21 Å². The monoisotopic (exact) mass is 365 g/mol. The Morgan fingerprint density at radius 1 is 1.33 bits per heavy atom. The predicted octanol–water partition coefficient (Wildman–Crippen LogP) is 3.61. The molecule has 2 rings (SSSR count). The molecule has 0 aliphatic carbocycles. The Balaban J connectivity index is 2.55. The quantitative estimate of drug-likeness (QED) is 0.555. The number of ether oxygens (including phenoxy) is 1. The number of thiophene rings is 1. The van der Waals surface area contributed by atoms with Crippen molar-refractivity contribution in [1.29, 1.82) is 0 Å². The van der Waals surface area contributed by atoms with E-state index >= 15 is 0 Å². The molecule has 7 heteroatoms. The standard InChI is InChI=1S/C17H19NO4S2/c1-4-11-18(24(20,21)16-10-7-12-23-16)15-9-6-8-14(13(15)3)17(19)22-5-2/h4,6-10,12H,1,5,11H2,2-3H3. The second-order valence-electron chi connectivity index (χ2n) is 4.93. The highest BCUT2D eigenvalue weighted by atomic mass is 32.2. The first kappa shape index (κ1) is 18.2. The molecule has 0 atom stereocenters. The number of hydrogen-bond acceptors (Lipinski definition) is 5. The zero-order valence-electron chi connectivity index (χ0n) is 13.6. The number of esters is 1. The topological polar surface area (TPSA) is 63.7 Å². The summed E-state index contributed by atoms with van der Waals surface area (Å²) in [6, 6.07) is 8.19. The minimum absolute atomic E-state index is 0.105. The fourth-order valence-corrected chi connectivity index (χ4v) is 4.88. The summed E-state index contributed by atoms with van der Waals surface area (Å²) in [5, 5.41) is 1.71. The highest BCUT2D eigenvalue weighted by Gasteiger charge is 2.27. The lowest BCUT2D eigenvalue weighted by atomic mass is 10.1. The minimum atomic E-state index is -3.72. The third-order valence-corrected chi connectivity index (χ3v) is 6.56. The van der Waals surface area contributed by atoms with E-state index in [2.05, 4.69) is 6.58 Å². The molecule has 0 radical (unpaired) electrons. The number of benzene rings is 1. The van der Waals surface area contributed by atoms with Crippen molar-refractivity contribution in [3.8, 4) is 0 Å². The number of rotatable bonds is 7. The number of carbonyl (C=O) groups excluding carboxylic acids is 1. The van der Waals surface area contributed by atoms with Crippen LogP contribution in [0.15, 0.2) is 52.6 Å². The maximum atomic E-state index is 12.9. The summed E-state index contributed by atoms with van der Waals surface area (Å²) in [5.41, 5.74) is 1.34. The van der Waals surface area contributed by atoms with E-state index in [1.165, 1.54) is 10.4 Å². The molecule has 0 fully saturated rings. The van der Waals surface area contributed by atoms with Gasteiger partial charge in [-0.3, -0.25) is 4.31 Å². The van der Waals surface area contributed by atoms with E-state index in [0.717, 1.165) is 11.3 Å². The second-order valence-corrected chi connectivity index (χ2v) is 7.96. The number of anilines is 1. The van der Waals surface area contributed by atoms with Gasteiger partial charge in [0.2, 0.25) is 0 Å². The Hall–Kier alpha value is -2.12. The molecule has 0 aliphatic heterocycles. The van der Waals surface area contributed by atoms with Crippen molar-refractivity contribution in [3.05, 3.63) is 59.5 Å². The molecule has 0 aliphatic rings. The second kappa shape index (κ2) is 7.63. The fourth-order valence-electron chi connectivity index (χ4n) is 2.29. The Morgan fingerprint density at radius 2 is 2.08 bits per heavy atom. The van der Waals surface area contributed by atoms with Gasteiger partial charge in [0, 0.05) is 0 Å². The van der Waals surface area contributed by atoms with Gasteiger partial charge in [-0.25, -0.2) is 13.2 Å². The highest BCUT2D eigenvalue weighted by molar-refractivity contribution is 7.94. The maximum absolute atomic E-state index is 12.9. The third-order valence-electron chi connectivity index (χ3n) is 3.40. The summed E-state index contributed by atoms with van der Waals surface area (Å²) < 4.78 is 32.4. The van der Waals surface area contributed by atoms with E-state index < -0.39 is 16.0 Å². The molecule has 0 unspecified atom stereocenters. The van der Waals surface area contributed by atoms with Crippen LogP contribution in [-0.4, -0.2) is 27.5 Å². The maximum Gasteiger partial charge on any atom is 0.338 e. The zero-order valence-corrected chi connectivity index (χ0v) is 15.2. The van der Waals surface area contributed by atoms with Crippen molar-refractivity contribution < 1.29 is 17.9 Å². The molecule has 0 amide bonds. The van der Waals surface area contributed by atoms with Crippen LogP contribution in [0.2, 0.25) is 0 Å². The number of hydrogen-bond donors (Lipinski definition) is 0. The van der Waals surface area contributed by atoms with Gasteiger partial charge in [0.15, 0.2) is 0 Å². The Bertz CT molecular complexity index is 826. The van der Waals surface area contributed by atoms with E-state index in [-0.39, 0.29) is 17.4 Å².